The molecule has 1 amide bonds. The van der Waals surface area contributed by atoms with E-state index in [2.05, 4.69) is 15.2 Å². The summed E-state index contributed by atoms with van der Waals surface area (Å²) in [6.45, 7) is 3.92. The Bertz CT molecular complexity index is 906. The van der Waals surface area contributed by atoms with Gasteiger partial charge in [0.2, 0.25) is 0 Å². The van der Waals surface area contributed by atoms with Gasteiger partial charge in [0, 0.05) is 37.7 Å². The molecule has 5 rings (SSSR count). The van der Waals surface area contributed by atoms with Gasteiger partial charge >= 0.3 is 0 Å². The zero-order valence-corrected chi connectivity index (χ0v) is 15.9. The fourth-order valence-corrected chi connectivity index (χ4v) is 5.31. The Morgan fingerprint density at radius 1 is 1.36 bits per heavy atom. The van der Waals surface area contributed by atoms with Gasteiger partial charge < -0.3 is 15.0 Å². The molecule has 1 aromatic heterocycles. The lowest BCUT2D eigenvalue weighted by molar-refractivity contribution is 0.0141. The number of rotatable bonds is 4. The van der Waals surface area contributed by atoms with Gasteiger partial charge in [-0.1, -0.05) is 18.2 Å². The molecule has 0 saturated carbocycles. The second-order valence-corrected chi connectivity index (χ2v) is 8.25. The van der Waals surface area contributed by atoms with Crippen LogP contribution in [0.3, 0.4) is 0 Å². The normalized spacial score (nSPS) is 30.5. The molecule has 3 aliphatic heterocycles. The van der Waals surface area contributed by atoms with Crippen LogP contribution < -0.4 is 10.2 Å². The first kappa shape index (κ1) is 17.6. The zero-order chi connectivity index (χ0) is 19.3. The van der Waals surface area contributed by atoms with Crippen LogP contribution in [-0.4, -0.2) is 42.2 Å². The number of pyridine rings is 1. The Morgan fingerprint density at radius 3 is 3.07 bits per heavy atom. The number of carbonyl (C=O) groups excluding carboxylic acids is 1. The van der Waals surface area contributed by atoms with Gasteiger partial charge in [0.05, 0.1) is 17.3 Å². The maximum absolute atomic E-state index is 14.3. The third kappa shape index (κ3) is 2.70. The largest absolute Gasteiger partial charge is 0.369 e. The molecule has 2 aromatic rings. The highest BCUT2D eigenvalue weighted by Crippen LogP contribution is 2.55. The molecule has 3 saturated heterocycles. The lowest BCUT2D eigenvalue weighted by Gasteiger charge is -2.29. The van der Waals surface area contributed by atoms with E-state index in [1.807, 2.05) is 24.4 Å². The maximum atomic E-state index is 14.3. The average molecular weight is 381 g/mol. The second-order valence-electron chi connectivity index (χ2n) is 8.25. The van der Waals surface area contributed by atoms with E-state index in [9.17, 15) is 9.18 Å². The second kappa shape index (κ2) is 6.55. The minimum Gasteiger partial charge on any atom is -0.369 e. The molecule has 146 valence electrons. The van der Waals surface area contributed by atoms with Crippen molar-refractivity contribution in [2.24, 2.45) is 11.8 Å². The fourth-order valence-electron chi connectivity index (χ4n) is 5.31. The van der Waals surface area contributed by atoms with Crippen LogP contribution in [0.4, 0.5) is 10.2 Å². The number of hydrogen-bond donors (Lipinski definition) is 1. The van der Waals surface area contributed by atoms with E-state index in [0.29, 0.717) is 18.0 Å². The van der Waals surface area contributed by atoms with Crippen molar-refractivity contribution in [2.75, 3.05) is 24.5 Å². The van der Waals surface area contributed by atoms with Gasteiger partial charge in [0.25, 0.3) is 5.91 Å². The third-order valence-electron chi connectivity index (χ3n) is 6.69. The molecule has 3 aliphatic rings. The highest BCUT2D eigenvalue weighted by atomic mass is 19.1. The van der Waals surface area contributed by atoms with Gasteiger partial charge in [-0.3, -0.25) is 4.79 Å². The molecule has 1 spiro atoms. The molecule has 5 nitrogen and oxygen atoms in total. The van der Waals surface area contributed by atoms with Gasteiger partial charge in [0.15, 0.2) is 0 Å². The molecule has 4 atom stereocenters. The SMILES string of the molecule is Cc1cccc(C(=O)NC[C@H]2[C@H]3CN(c4ccccn4)C[C@]34CC[C@H]2O4)c1F. The first-order valence-corrected chi connectivity index (χ1v) is 9.94. The summed E-state index contributed by atoms with van der Waals surface area (Å²) in [5.74, 6) is 0.790. The minimum absolute atomic E-state index is 0.111. The van der Waals surface area contributed by atoms with Crippen LogP contribution in [0.2, 0.25) is 0 Å². The van der Waals surface area contributed by atoms with Gasteiger partial charge in [-0.15, -0.1) is 0 Å². The number of carbonyl (C=O) groups is 1. The van der Waals surface area contributed by atoms with Crippen molar-refractivity contribution >= 4 is 11.7 Å². The molecule has 6 heteroatoms. The maximum Gasteiger partial charge on any atom is 0.254 e. The summed E-state index contributed by atoms with van der Waals surface area (Å²) < 4.78 is 20.7. The Morgan fingerprint density at radius 2 is 2.25 bits per heavy atom. The van der Waals surface area contributed by atoms with Gasteiger partial charge in [-0.25, -0.2) is 9.37 Å². The van der Waals surface area contributed by atoms with Crippen molar-refractivity contribution in [2.45, 2.75) is 31.5 Å². The topological polar surface area (TPSA) is 54.5 Å². The molecular weight excluding hydrogens is 357 g/mol. The number of halogens is 1. The summed E-state index contributed by atoms with van der Waals surface area (Å²) in [7, 11) is 0. The molecule has 2 bridgehead atoms. The van der Waals surface area contributed by atoms with Crippen molar-refractivity contribution in [1.29, 1.82) is 0 Å². The number of nitrogens with zero attached hydrogens (tertiary/aromatic N) is 2. The summed E-state index contributed by atoms with van der Waals surface area (Å²) in [6, 6.07) is 10.9. The van der Waals surface area contributed by atoms with E-state index in [-0.39, 0.29) is 29.1 Å². The van der Waals surface area contributed by atoms with E-state index >= 15 is 0 Å². The monoisotopic (exact) mass is 381 g/mol. The van der Waals surface area contributed by atoms with Crippen LogP contribution in [0.15, 0.2) is 42.6 Å². The van der Waals surface area contributed by atoms with Crippen molar-refractivity contribution in [3.8, 4) is 0 Å². The van der Waals surface area contributed by atoms with E-state index in [0.717, 1.165) is 31.7 Å². The zero-order valence-electron chi connectivity index (χ0n) is 15.9. The molecule has 0 aliphatic carbocycles. The summed E-state index contributed by atoms with van der Waals surface area (Å²) in [5, 5.41) is 2.96. The summed E-state index contributed by atoms with van der Waals surface area (Å²) in [5.41, 5.74) is 0.462. The fraction of sp³-hybridized carbons (Fsp3) is 0.455. The van der Waals surface area contributed by atoms with Crippen molar-refractivity contribution in [1.82, 2.24) is 10.3 Å². The molecule has 3 fully saturated rings. The van der Waals surface area contributed by atoms with Crippen molar-refractivity contribution < 1.29 is 13.9 Å². The Hall–Kier alpha value is -2.47. The smallest absolute Gasteiger partial charge is 0.254 e. The van der Waals surface area contributed by atoms with Crippen LogP contribution in [0.1, 0.15) is 28.8 Å². The van der Waals surface area contributed by atoms with E-state index in [4.69, 9.17) is 4.74 Å². The van der Waals surface area contributed by atoms with Crippen LogP contribution in [0.5, 0.6) is 0 Å². The Kier molecular flexibility index (Phi) is 4.12. The molecule has 0 unspecified atom stereocenters. The van der Waals surface area contributed by atoms with E-state index in [1.54, 1.807) is 19.1 Å². The lowest BCUT2D eigenvalue weighted by atomic mass is 9.73. The minimum atomic E-state index is -0.442. The molecule has 28 heavy (non-hydrogen) atoms. The Labute approximate surface area is 163 Å². The van der Waals surface area contributed by atoms with Crippen molar-refractivity contribution in [3.05, 3.63) is 59.5 Å². The number of hydrogen-bond acceptors (Lipinski definition) is 4. The van der Waals surface area contributed by atoms with Crippen LogP contribution in [0, 0.1) is 24.6 Å². The highest BCUT2D eigenvalue weighted by molar-refractivity contribution is 5.94. The molecule has 1 N–H and O–H groups in total. The average Bonchev–Trinajstić information content (AvgIpc) is 3.37. The summed E-state index contributed by atoms with van der Waals surface area (Å²) in [6.07, 6.45) is 4.07. The third-order valence-corrected chi connectivity index (χ3v) is 6.69. The standard InChI is InChI=1S/C22H24FN3O2/c1-14-5-4-6-15(20(14)23)21(27)25-11-16-17-12-26(19-7-2-3-10-24-19)13-22(17)9-8-18(16)28-22/h2-7,10,16-18H,8-9,11-13H2,1H3,(H,25,27)/t16-,17+,18+,22+/m0/s1. The van der Waals surface area contributed by atoms with Gasteiger partial charge in [0.1, 0.15) is 11.6 Å². The Balaban J connectivity index is 1.30. The quantitative estimate of drug-likeness (QED) is 0.885. The number of amides is 1. The summed E-state index contributed by atoms with van der Waals surface area (Å²) in [4.78, 5) is 19.3. The van der Waals surface area contributed by atoms with Crippen LogP contribution in [0.25, 0.3) is 0 Å². The van der Waals surface area contributed by atoms with Crippen LogP contribution in [-0.2, 0) is 4.74 Å². The summed E-state index contributed by atoms with van der Waals surface area (Å²) >= 11 is 0. The first-order valence-electron chi connectivity index (χ1n) is 9.94. The van der Waals surface area contributed by atoms with Crippen LogP contribution >= 0.6 is 0 Å². The number of aromatic nitrogens is 1. The highest BCUT2D eigenvalue weighted by Gasteiger charge is 2.63. The number of benzene rings is 1. The number of fused-ring (bicyclic) bond motifs is 1. The van der Waals surface area contributed by atoms with E-state index in [1.165, 1.54) is 6.07 Å². The number of nitrogens with one attached hydrogen (secondary N) is 1. The van der Waals surface area contributed by atoms with Crippen molar-refractivity contribution in [3.63, 3.8) is 0 Å². The predicted molar refractivity (Wildman–Crippen MR) is 104 cm³/mol. The number of aryl methyl sites for hydroxylation is 1. The molecular formula is C22H24FN3O2. The first-order chi connectivity index (χ1) is 13.6. The molecule has 4 heterocycles. The number of ether oxygens (including phenoxy) is 1. The molecule has 1 aromatic carbocycles. The van der Waals surface area contributed by atoms with Gasteiger partial charge in [-0.2, -0.15) is 0 Å². The van der Waals surface area contributed by atoms with Gasteiger partial charge in [-0.05, 0) is 43.5 Å². The number of anilines is 1. The van der Waals surface area contributed by atoms with E-state index < -0.39 is 5.82 Å². The molecule has 0 radical (unpaired) electrons. The predicted octanol–water partition coefficient (Wildman–Crippen LogP) is 2.94. The lowest BCUT2D eigenvalue weighted by Crippen LogP contribution is -2.42.